The molecular formula is C12H10ClN3O3. The van der Waals surface area contributed by atoms with Gasteiger partial charge in [-0.1, -0.05) is 23.7 Å². The Hall–Kier alpha value is -2.21. The van der Waals surface area contributed by atoms with Crippen LogP contribution in [0, 0.1) is 10.1 Å². The smallest absolute Gasteiger partial charge is 0.269 e. The third-order valence-electron chi connectivity index (χ3n) is 2.43. The molecule has 0 fully saturated rings. The van der Waals surface area contributed by atoms with Crippen LogP contribution in [0.5, 0.6) is 5.88 Å². The lowest BCUT2D eigenvalue weighted by Gasteiger charge is -2.13. The van der Waals surface area contributed by atoms with Crippen molar-refractivity contribution in [1.29, 1.82) is 0 Å². The number of benzene rings is 1. The van der Waals surface area contributed by atoms with Gasteiger partial charge in [0.1, 0.15) is 6.10 Å². The van der Waals surface area contributed by atoms with Crippen LogP contribution in [0.3, 0.4) is 0 Å². The molecule has 7 heteroatoms. The van der Waals surface area contributed by atoms with Gasteiger partial charge in [-0.2, -0.15) is 4.98 Å². The van der Waals surface area contributed by atoms with Crippen molar-refractivity contribution in [2.45, 2.75) is 13.0 Å². The van der Waals surface area contributed by atoms with E-state index in [1.807, 2.05) is 0 Å². The van der Waals surface area contributed by atoms with Crippen molar-refractivity contribution in [2.24, 2.45) is 0 Å². The maximum atomic E-state index is 10.7. The second-order valence-corrected chi connectivity index (χ2v) is 4.18. The molecular weight excluding hydrogens is 270 g/mol. The predicted octanol–water partition coefficient (Wildman–Crippen LogP) is 3.18. The van der Waals surface area contributed by atoms with Gasteiger partial charge in [0.25, 0.3) is 5.69 Å². The topological polar surface area (TPSA) is 78.2 Å². The molecule has 0 bridgehead atoms. The molecule has 0 radical (unpaired) electrons. The van der Waals surface area contributed by atoms with Crippen molar-refractivity contribution in [3.8, 4) is 5.88 Å². The zero-order chi connectivity index (χ0) is 13.8. The summed E-state index contributed by atoms with van der Waals surface area (Å²) in [5.74, 6) is 0.270. The quantitative estimate of drug-likeness (QED) is 0.634. The summed E-state index contributed by atoms with van der Waals surface area (Å²) < 4.78 is 5.54. The summed E-state index contributed by atoms with van der Waals surface area (Å²) in [5, 5.41) is 10.9. The van der Waals surface area contributed by atoms with Gasteiger partial charge in [-0.3, -0.25) is 15.1 Å². The Bertz CT molecular complexity index is 606. The number of hydrogen-bond donors (Lipinski definition) is 0. The SMILES string of the molecule is CC(Oc1cncc(Cl)n1)c1cccc([N+](=O)[O-])c1. The van der Waals surface area contributed by atoms with E-state index in [0.29, 0.717) is 5.56 Å². The van der Waals surface area contributed by atoms with E-state index in [-0.39, 0.29) is 16.7 Å². The first kappa shape index (κ1) is 13.2. The summed E-state index contributed by atoms with van der Waals surface area (Å²) in [5.41, 5.74) is 0.695. The van der Waals surface area contributed by atoms with Gasteiger partial charge >= 0.3 is 0 Å². The van der Waals surface area contributed by atoms with Crippen molar-refractivity contribution in [1.82, 2.24) is 9.97 Å². The maximum absolute atomic E-state index is 10.7. The number of nitrogens with zero attached hydrogens (tertiary/aromatic N) is 3. The third-order valence-corrected chi connectivity index (χ3v) is 2.61. The fraction of sp³-hybridized carbons (Fsp3) is 0.167. The zero-order valence-electron chi connectivity index (χ0n) is 9.99. The van der Waals surface area contributed by atoms with Crippen LogP contribution < -0.4 is 4.74 Å². The van der Waals surface area contributed by atoms with Crippen molar-refractivity contribution in [3.63, 3.8) is 0 Å². The molecule has 1 atom stereocenters. The summed E-state index contributed by atoms with van der Waals surface area (Å²) in [6.45, 7) is 1.77. The molecule has 0 saturated heterocycles. The van der Waals surface area contributed by atoms with Gasteiger partial charge < -0.3 is 4.74 Å². The van der Waals surface area contributed by atoms with E-state index < -0.39 is 11.0 Å². The molecule has 98 valence electrons. The Kier molecular flexibility index (Phi) is 3.91. The third kappa shape index (κ3) is 3.38. The highest BCUT2D eigenvalue weighted by molar-refractivity contribution is 6.29. The van der Waals surface area contributed by atoms with Gasteiger partial charge in [-0.05, 0) is 12.5 Å². The number of aromatic nitrogens is 2. The number of non-ortho nitro benzene ring substituents is 1. The fourth-order valence-corrected chi connectivity index (χ4v) is 1.66. The number of rotatable bonds is 4. The molecule has 2 rings (SSSR count). The molecule has 0 aliphatic heterocycles. The fourth-order valence-electron chi connectivity index (χ4n) is 1.52. The van der Waals surface area contributed by atoms with Gasteiger partial charge in [0, 0.05) is 12.1 Å². The number of hydrogen-bond acceptors (Lipinski definition) is 5. The molecule has 19 heavy (non-hydrogen) atoms. The molecule has 1 heterocycles. The monoisotopic (exact) mass is 279 g/mol. The number of halogens is 1. The molecule has 0 N–H and O–H groups in total. The highest BCUT2D eigenvalue weighted by Crippen LogP contribution is 2.23. The summed E-state index contributed by atoms with van der Waals surface area (Å²) in [4.78, 5) is 18.0. The minimum atomic E-state index is -0.449. The largest absolute Gasteiger partial charge is 0.469 e. The van der Waals surface area contributed by atoms with Gasteiger partial charge in [0.15, 0.2) is 5.15 Å². The molecule has 0 spiro atoms. The molecule has 2 aromatic rings. The van der Waals surface area contributed by atoms with Crippen LogP contribution in [0.15, 0.2) is 36.7 Å². The summed E-state index contributed by atoms with van der Waals surface area (Å²) in [6, 6.07) is 6.24. The molecule has 1 unspecified atom stereocenters. The first-order chi connectivity index (χ1) is 9.06. The molecule has 6 nitrogen and oxygen atoms in total. The lowest BCUT2D eigenvalue weighted by molar-refractivity contribution is -0.385. The summed E-state index contributed by atoms with van der Waals surface area (Å²) in [7, 11) is 0. The number of nitro benzene ring substituents is 1. The number of ether oxygens (including phenoxy) is 1. The van der Waals surface area contributed by atoms with E-state index in [2.05, 4.69) is 9.97 Å². The molecule has 1 aromatic carbocycles. The van der Waals surface area contributed by atoms with Crippen molar-refractivity contribution in [2.75, 3.05) is 0 Å². The van der Waals surface area contributed by atoms with Crippen LogP contribution >= 0.6 is 11.6 Å². The predicted molar refractivity (Wildman–Crippen MR) is 69.2 cm³/mol. The highest BCUT2D eigenvalue weighted by atomic mass is 35.5. The van der Waals surface area contributed by atoms with Crippen molar-refractivity contribution in [3.05, 3.63) is 57.5 Å². The van der Waals surface area contributed by atoms with Crippen molar-refractivity contribution >= 4 is 17.3 Å². The van der Waals surface area contributed by atoms with Crippen LogP contribution in [0.25, 0.3) is 0 Å². The van der Waals surface area contributed by atoms with E-state index >= 15 is 0 Å². The molecule has 0 aliphatic rings. The van der Waals surface area contributed by atoms with E-state index in [9.17, 15) is 10.1 Å². The minimum Gasteiger partial charge on any atom is -0.469 e. The average molecular weight is 280 g/mol. The Morgan fingerprint density at radius 1 is 1.42 bits per heavy atom. The molecule has 1 aromatic heterocycles. The first-order valence-electron chi connectivity index (χ1n) is 5.45. The van der Waals surface area contributed by atoms with Crippen LogP contribution in [0.1, 0.15) is 18.6 Å². The van der Waals surface area contributed by atoms with E-state index in [0.717, 1.165) is 0 Å². The Morgan fingerprint density at radius 2 is 2.21 bits per heavy atom. The molecule has 0 amide bonds. The summed E-state index contributed by atoms with van der Waals surface area (Å²) >= 11 is 5.70. The van der Waals surface area contributed by atoms with Crippen LogP contribution in [-0.2, 0) is 0 Å². The van der Waals surface area contributed by atoms with Gasteiger partial charge in [0.05, 0.1) is 17.3 Å². The van der Waals surface area contributed by atoms with E-state index in [4.69, 9.17) is 16.3 Å². The Balaban J connectivity index is 2.18. The van der Waals surface area contributed by atoms with E-state index in [1.165, 1.54) is 24.5 Å². The Labute approximate surface area is 114 Å². The summed E-state index contributed by atoms with van der Waals surface area (Å²) in [6.07, 6.45) is 2.43. The van der Waals surface area contributed by atoms with Crippen LogP contribution in [-0.4, -0.2) is 14.9 Å². The van der Waals surface area contributed by atoms with Crippen LogP contribution in [0.4, 0.5) is 5.69 Å². The molecule has 0 saturated carbocycles. The maximum Gasteiger partial charge on any atom is 0.269 e. The standard InChI is InChI=1S/C12H10ClN3O3/c1-8(19-12-7-14-6-11(13)15-12)9-3-2-4-10(5-9)16(17)18/h2-8H,1H3. The Morgan fingerprint density at radius 3 is 2.89 bits per heavy atom. The van der Waals surface area contributed by atoms with Crippen molar-refractivity contribution < 1.29 is 9.66 Å². The minimum absolute atomic E-state index is 0.0186. The lowest BCUT2D eigenvalue weighted by atomic mass is 10.1. The molecule has 0 aliphatic carbocycles. The second-order valence-electron chi connectivity index (χ2n) is 3.79. The average Bonchev–Trinajstić information content (AvgIpc) is 2.39. The van der Waals surface area contributed by atoms with Gasteiger partial charge in [-0.25, -0.2) is 0 Å². The highest BCUT2D eigenvalue weighted by Gasteiger charge is 2.13. The van der Waals surface area contributed by atoms with Crippen LogP contribution in [0.2, 0.25) is 5.15 Å². The number of nitro groups is 1. The van der Waals surface area contributed by atoms with E-state index in [1.54, 1.807) is 19.1 Å². The normalized spacial score (nSPS) is 11.9. The lowest BCUT2D eigenvalue weighted by Crippen LogP contribution is -2.05. The van der Waals surface area contributed by atoms with Gasteiger partial charge in [0.2, 0.25) is 5.88 Å². The zero-order valence-corrected chi connectivity index (χ0v) is 10.7. The van der Waals surface area contributed by atoms with Gasteiger partial charge in [-0.15, -0.1) is 0 Å². The first-order valence-corrected chi connectivity index (χ1v) is 5.82. The second kappa shape index (κ2) is 5.62.